The van der Waals surface area contributed by atoms with Crippen LogP contribution in [-0.4, -0.2) is 41.3 Å². The number of methoxy groups -OCH3 is 2. The minimum Gasteiger partial charge on any atom is -0.493 e. The van der Waals surface area contributed by atoms with E-state index in [2.05, 4.69) is 5.32 Å². The summed E-state index contributed by atoms with van der Waals surface area (Å²) in [4.78, 5) is 12.9. The van der Waals surface area contributed by atoms with Gasteiger partial charge in [-0.3, -0.25) is 9.10 Å². The van der Waals surface area contributed by atoms with Crippen LogP contribution in [0.25, 0.3) is 0 Å². The molecule has 28 heavy (non-hydrogen) atoms. The van der Waals surface area contributed by atoms with Crippen molar-refractivity contribution in [1.29, 1.82) is 0 Å². The summed E-state index contributed by atoms with van der Waals surface area (Å²) in [7, 11) is 0.584. The Morgan fingerprint density at radius 2 is 1.57 bits per heavy atom. The van der Waals surface area contributed by atoms with Gasteiger partial charge in [-0.1, -0.05) is 23.2 Å². The Labute approximate surface area is 174 Å². The number of ether oxygens (including phenoxy) is 2. The van der Waals surface area contributed by atoms with Gasteiger partial charge in [0.05, 0.1) is 31.2 Å². The Bertz CT molecular complexity index is 975. The lowest BCUT2D eigenvalue weighted by Crippen LogP contribution is -2.30. The van der Waals surface area contributed by atoms with Crippen molar-refractivity contribution < 1.29 is 22.7 Å². The second-order valence-corrected chi connectivity index (χ2v) is 8.87. The Hall–Kier alpha value is -2.16. The number of sulfonamides is 1. The predicted molar refractivity (Wildman–Crippen MR) is 112 cm³/mol. The molecule has 0 fully saturated rings. The molecule has 0 aliphatic heterocycles. The Kier molecular flexibility index (Phi) is 7.03. The molecule has 0 bridgehead atoms. The molecule has 0 unspecified atom stereocenters. The van der Waals surface area contributed by atoms with E-state index in [1.165, 1.54) is 58.5 Å². The van der Waals surface area contributed by atoms with Crippen LogP contribution in [0.2, 0.25) is 10.0 Å². The van der Waals surface area contributed by atoms with Crippen LogP contribution in [0.5, 0.6) is 11.5 Å². The maximum absolute atomic E-state index is 12.9. The first kappa shape index (κ1) is 22.1. The van der Waals surface area contributed by atoms with Crippen molar-refractivity contribution in [2.45, 2.75) is 6.92 Å². The summed E-state index contributed by atoms with van der Waals surface area (Å²) >= 11 is 11.9. The number of amides is 1. The van der Waals surface area contributed by atoms with Crippen LogP contribution in [0.15, 0.2) is 30.3 Å². The molecule has 0 aromatic heterocycles. The Balaban J connectivity index is 2.58. The molecule has 0 aliphatic rings. The lowest BCUT2D eigenvalue weighted by molar-refractivity contribution is 0.102. The molecule has 2 aromatic rings. The van der Waals surface area contributed by atoms with Crippen LogP contribution < -0.4 is 19.1 Å². The van der Waals surface area contributed by atoms with Gasteiger partial charge in [0.1, 0.15) is 0 Å². The van der Waals surface area contributed by atoms with E-state index in [0.29, 0.717) is 15.7 Å². The summed E-state index contributed by atoms with van der Waals surface area (Å²) in [6.07, 6.45) is 0. The Morgan fingerprint density at radius 3 is 2.07 bits per heavy atom. The fraction of sp³-hybridized carbons (Fsp3) is 0.278. The number of benzene rings is 2. The monoisotopic (exact) mass is 446 g/mol. The summed E-state index contributed by atoms with van der Waals surface area (Å²) in [5.41, 5.74) is 0.586. The molecule has 7 nitrogen and oxygen atoms in total. The van der Waals surface area contributed by atoms with Crippen LogP contribution in [0, 0.1) is 0 Å². The molecule has 0 saturated heterocycles. The SMILES string of the molecule is CCS(=O)(=O)N(C)c1cc(OC)c(OC)cc1C(=O)Nc1cc(Cl)cc(Cl)c1. The highest BCUT2D eigenvalue weighted by Gasteiger charge is 2.25. The average Bonchev–Trinajstić information content (AvgIpc) is 2.65. The van der Waals surface area contributed by atoms with Gasteiger partial charge in [-0.2, -0.15) is 0 Å². The number of nitrogens with zero attached hydrogens (tertiary/aromatic N) is 1. The predicted octanol–water partition coefficient (Wildman–Crippen LogP) is 4.05. The molecule has 10 heteroatoms. The lowest BCUT2D eigenvalue weighted by Gasteiger charge is -2.23. The first-order valence-electron chi connectivity index (χ1n) is 8.13. The van der Waals surface area contributed by atoms with E-state index in [-0.39, 0.29) is 28.5 Å². The largest absolute Gasteiger partial charge is 0.493 e. The quantitative estimate of drug-likeness (QED) is 0.693. The van der Waals surface area contributed by atoms with E-state index < -0.39 is 15.9 Å². The van der Waals surface area contributed by atoms with Gasteiger partial charge in [0.25, 0.3) is 5.91 Å². The maximum atomic E-state index is 12.9. The Morgan fingerprint density at radius 1 is 1.04 bits per heavy atom. The van der Waals surface area contributed by atoms with Gasteiger partial charge >= 0.3 is 0 Å². The third-order valence-corrected chi connectivity index (χ3v) is 6.19. The van der Waals surface area contributed by atoms with Crippen molar-refractivity contribution in [3.8, 4) is 11.5 Å². The molecule has 1 amide bonds. The van der Waals surface area contributed by atoms with E-state index in [9.17, 15) is 13.2 Å². The molecule has 0 spiro atoms. The summed E-state index contributed by atoms with van der Waals surface area (Å²) in [5, 5.41) is 3.36. The van der Waals surface area contributed by atoms with Crippen molar-refractivity contribution in [1.82, 2.24) is 0 Å². The highest BCUT2D eigenvalue weighted by molar-refractivity contribution is 7.92. The maximum Gasteiger partial charge on any atom is 0.257 e. The fourth-order valence-electron chi connectivity index (χ4n) is 2.48. The van der Waals surface area contributed by atoms with E-state index in [4.69, 9.17) is 32.7 Å². The fourth-order valence-corrected chi connectivity index (χ4v) is 3.84. The normalized spacial score (nSPS) is 11.1. The molecule has 0 radical (unpaired) electrons. The first-order chi connectivity index (χ1) is 13.1. The highest BCUT2D eigenvalue weighted by Crippen LogP contribution is 2.36. The summed E-state index contributed by atoms with van der Waals surface area (Å²) < 4.78 is 36.3. The standard InChI is InChI=1S/C18H20Cl2N2O5S/c1-5-28(24,25)22(2)15-10-17(27-4)16(26-3)9-14(15)18(23)21-13-7-11(19)6-12(20)8-13/h6-10H,5H2,1-4H3,(H,21,23). The van der Waals surface area contributed by atoms with Crippen molar-refractivity contribution in [3.63, 3.8) is 0 Å². The number of rotatable bonds is 7. The number of hydrogen-bond acceptors (Lipinski definition) is 5. The lowest BCUT2D eigenvalue weighted by atomic mass is 10.1. The molecular weight excluding hydrogens is 427 g/mol. The molecule has 2 aromatic carbocycles. The zero-order chi connectivity index (χ0) is 21.1. The van der Waals surface area contributed by atoms with Gasteiger partial charge in [0.2, 0.25) is 10.0 Å². The van der Waals surface area contributed by atoms with E-state index in [1.807, 2.05) is 0 Å². The summed E-state index contributed by atoms with van der Waals surface area (Å²) in [5.74, 6) is -0.128. The molecule has 0 aliphatic carbocycles. The molecular formula is C18H20Cl2N2O5S. The van der Waals surface area contributed by atoms with Gasteiger partial charge in [-0.25, -0.2) is 8.42 Å². The van der Waals surface area contributed by atoms with Crippen LogP contribution >= 0.6 is 23.2 Å². The van der Waals surface area contributed by atoms with Crippen LogP contribution in [-0.2, 0) is 10.0 Å². The smallest absolute Gasteiger partial charge is 0.257 e. The number of carbonyl (C=O) groups excluding carboxylic acids is 1. The molecule has 0 saturated carbocycles. The van der Waals surface area contributed by atoms with E-state index in [1.54, 1.807) is 0 Å². The van der Waals surface area contributed by atoms with Crippen molar-refractivity contribution >= 4 is 50.5 Å². The summed E-state index contributed by atoms with van der Waals surface area (Å²) in [6.45, 7) is 1.51. The van der Waals surface area contributed by atoms with Crippen LogP contribution in [0.3, 0.4) is 0 Å². The minimum atomic E-state index is -3.62. The third kappa shape index (κ3) is 4.81. The van der Waals surface area contributed by atoms with Gasteiger partial charge in [-0.15, -0.1) is 0 Å². The molecule has 1 N–H and O–H groups in total. The van der Waals surface area contributed by atoms with Gasteiger partial charge in [-0.05, 0) is 31.2 Å². The number of halogens is 2. The minimum absolute atomic E-state index is 0.0771. The zero-order valence-corrected chi connectivity index (χ0v) is 18.1. The average molecular weight is 447 g/mol. The third-order valence-electron chi connectivity index (χ3n) is 3.99. The van der Waals surface area contributed by atoms with Crippen molar-refractivity contribution in [2.75, 3.05) is 36.6 Å². The summed E-state index contributed by atoms with van der Waals surface area (Å²) in [6, 6.07) is 7.43. The van der Waals surface area contributed by atoms with Gasteiger partial charge in [0, 0.05) is 28.8 Å². The van der Waals surface area contributed by atoms with Crippen molar-refractivity contribution in [2.24, 2.45) is 0 Å². The highest BCUT2D eigenvalue weighted by atomic mass is 35.5. The molecule has 0 heterocycles. The number of carbonyl (C=O) groups is 1. The number of nitrogens with one attached hydrogen (secondary N) is 1. The second-order valence-electron chi connectivity index (χ2n) is 5.70. The van der Waals surface area contributed by atoms with Crippen molar-refractivity contribution in [3.05, 3.63) is 45.9 Å². The van der Waals surface area contributed by atoms with E-state index in [0.717, 1.165) is 4.31 Å². The topological polar surface area (TPSA) is 84.9 Å². The zero-order valence-electron chi connectivity index (χ0n) is 15.7. The first-order valence-corrected chi connectivity index (χ1v) is 10.5. The van der Waals surface area contributed by atoms with E-state index >= 15 is 0 Å². The van der Waals surface area contributed by atoms with Crippen LogP contribution in [0.4, 0.5) is 11.4 Å². The second kappa shape index (κ2) is 8.89. The molecule has 152 valence electrons. The molecule has 2 rings (SSSR count). The molecule has 0 atom stereocenters. The van der Waals surface area contributed by atoms with Crippen LogP contribution in [0.1, 0.15) is 17.3 Å². The number of hydrogen-bond donors (Lipinski definition) is 1. The van der Waals surface area contributed by atoms with Gasteiger partial charge in [0.15, 0.2) is 11.5 Å². The van der Waals surface area contributed by atoms with Gasteiger partial charge < -0.3 is 14.8 Å². The number of anilines is 2.